The third-order valence-corrected chi connectivity index (χ3v) is 5.19. The minimum absolute atomic E-state index is 0.314. The predicted molar refractivity (Wildman–Crippen MR) is 111 cm³/mol. The van der Waals surface area contributed by atoms with Crippen LogP contribution in [0.25, 0.3) is 11.4 Å². The summed E-state index contributed by atoms with van der Waals surface area (Å²) in [5.74, 6) is 0.0230. The van der Waals surface area contributed by atoms with Crippen molar-refractivity contribution in [2.75, 3.05) is 5.32 Å². The standard InChI is InChI=1S/C20H20F3N5O2S/c1-3-12-28-17(14-8-10-24-11-9-14)26-27-19(28)31-13(2)18(29)25-15-4-6-16(7-5-15)30-20(21,22)23/h4-11,13H,3,12H2,1-2H3,(H,25,29). The van der Waals surface area contributed by atoms with Crippen LogP contribution in [0.2, 0.25) is 0 Å². The van der Waals surface area contributed by atoms with Crippen molar-refractivity contribution in [2.24, 2.45) is 0 Å². The van der Waals surface area contributed by atoms with Gasteiger partial charge >= 0.3 is 6.36 Å². The summed E-state index contributed by atoms with van der Waals surface area (Å²) < 4.78 is 42.5. The molecule has 1 aromatic carbocycles. The molecular formula is C20H20F3N5O2S. The van der Waals surface area contributed by atoms with Gasteiger partial charge in [0.05, 0.1) is 5.25 Å². The second-order valence-corrected chi connectivity index (χ2v) is 7.82. The highest BCUT2D eigenvalue weighted by atomic mass is 32.2. The molecule has 0 saturated carbocycles. The minimum Gasteiger partial charge on any atom is -0.406 e. The maximum absolute atomic E-state index is 12.6. The number of nitrogens with one attached hydrogen (secondary N) is 1. The van der Waals surface area contributed by atoms with Crippen LogP contribution in [0, 0.1) is 0 Å². The molecule has 1 atom stereocenters. The number of aromatic nitrogens is 4. The van der Waals surface area contributed by atoms with Gasteiger partial charge in [-0.05, 0) is 49.7 Å². The SMILES string of the molecule is CCCn1c(SC(C)C(=O)Nc2ccc(OC(F)(F)F)cc2)nnc1-c1ccncc1. The lowest BCUT2D eigenvalue weighted by Crippen LogP contribution is -2.23. The fourth-order valence-corrected chi connectivity index (χ4v) is 3.59. The van der Waals surface area contributed by atoms with Crippen LogP contribution in [-0.2, 0) is 11.3 Å². The topological polar surface area (TPSA) is 81.9 Å². The molecule has 0 bridgehead atoms. The number of halogens is 3. The van der Waals surface area contributed by atoms with E-state index in [1.54, 1.807) is 19.3 Å². The third kappa shape index (κ3) is 6.20. The summed E-state index contributed by atoms with van der Waals surface area (Å²) >= 11 is 1.25. The Labute approximate surface area is 181 Å². The molecule has 31 heavy (non-hydrogen) atoms. The van der Waals surface area contributed by atoms with E-state index in [-0.39, 0.29) is 11.7 Å². The minimum atomic E-state index is -4.76. The molecule has 0 radical (unpaired) electrons. The summed E-state index contributed by atoms with van der Waals surface area (Å²) in [6.07, 6.45) is -0.557. The summed E-state index contributed by atoms with van der Waals surface area (Å²) in [7, 11) is 0. The molecule has 0 spiro atoms. The van der Waals surface area contributed by atoms with Crippen molar-refractivity contribution in [1.29, 1.82) is 0 Å². The van der Waals surface area contributed by atoms with Crippen molar-refractivity contribution < 1.29 is 22.7 Å². The average Bonchev–Trinajstić information content (AvgIpc) is 3.11. The number of hydrogen-bond donors (Lipinski definition) is 1. The zero-order chi connectivity index (χ0) is 22.4. The van der Waals surface area contributed by atoms with Gasteiger partial charge < -0.3 is 14.6 Å². The number of carbonyl (C=O) groups excluding carboxylic acids is 1. The first-order valence-electron chi connectivity index (χ1n) is 9.43. The fraction of sp³-hybridized carbons (Fsp3) is 0.300. The third-order valence-electron chi connectivity index (χ3n) is 4.11. The van der Waals surface area contributed by atoms with Gasteiger partial charge in [0, 0.05) is 30.2 Å². The van der Waals surface area contributed by atoms with Crippen molar-refractivity contribution in [3.05, 3.63) is 48.8 Å². The van der Waals surface area contributed by atoms with E-state index in [0.29, 0.717) is 23.2 Å². The van der Waals surface area contributed by atoms with Crippen molar-refractivity contribution >= 4 is 23.4 Å². The highest BCUT2D eigenvalue weighted by Gasteiger charge is 2.31. The highest BCUT2D eigenvalue weighted by Crippen LogP contribution is 2.28. The van der Waals surface area contributed by atoms with Gasteiger partial charge in [-0.25, -0.2) is 0 Å². The number of carbonyl (C=O) groups is 1. The normalized spacial score (nSPS) is 12.4. The molecule has 1 unspecified atom stereocenters. The smallest absolute Gasteiger partial charge is 0.406 e. The van der Waals surface area contributed by atoms with E-state index in [1.165, 1.54) is 23.9 Å². The van der Waals surface area contributed by atoms with Crippen LogP contribution in [0.3, 0.4) is 0 Å². The van der Waals surface area contributed by atoms with Crippen LogP contribution < -0.4 is 10.1 Å². The number of thioether (sulfide) groups is 1. The van der Waals surface area contributed by atoms with Gasteiger partial charge in [0.25, 0.3) is 0 Å². The summed E-state index contributed by atoms with van der Waals surface area (Å²) in [6.45, 7) is 4.44. The van der Waals surface area contributed by atoms with Crippen LogP contribution in [0.5, 0.6) is 5.75 Å². The van der Waals surface area contributed by atoms with E-state index >= 15 is 0 Å². The van der Waals surface area contributed by atoms with E-state index in [9.17, 15) is 18.0 Å². The average molecular weight is 451 g/mol. The largest absolute Gasteiger partial charge is 0.573 e. The van der Waals surface area contributed by atoms with Crippen molar-refractivity contribution in [3.63, 3.8) is 0 Å². The molecule has 0 aliphatic heterocycles. The number of nitrogens with zero attached hydrogens (tertiary/aromatic N) is 4. The second kappa shape index (κ2) is 9.82. The molecule has 2 heterocycles. The first-order chi connectivity index (χ1) is 14.8. The maximum atomic E-state index is 12.6. The van der Waals surface area contributed by atoms with E-state index < -0.39 is 11.6 Å². The molecule has 11 heteroatoms. The molecule has 1 amide bonds. The number of amides is 1. The van der Waals surface area contributed by atoms with Gasteiger partial charge in [-0.2, -0.15) is 0 Å². The Kier molecular flexibility index (Phi) is 7.16. The lowest BCUT2D eigenvalue weighted by Gasteiger charge is -2.14. The van der Waals surface area contributed by atoms with Gasteiger partial charge in [0.15, 0.2) is 11.0 Å². The number of benzene rings is 1. The lowest BCUT2D eigenvalue weighted by molar-refractivity contribution is -0.274. The Morgan fingerprint density at radius 3 is 2.45 bits per heavy atom. The maximum Gasteiger partial charge on any atom is 0.573 e. The van der Waals surface area contributed by atoms with Crippen LogP contribution in [0.4, 0.5) is 18.9 Å². The van der Waals surface area contributed by atoms with Crippen molar-refractivity contribution in [2.45, 2.75) is 43.6 Å². The Morgan fingerprint density at radius 2 is 1.84 bits per heavy atom. The van der Waals surface area contributed by atoms with Crippen molar-refractivity contribution in [3.8, 4) is 17.1 Å². The monoisotopic (exact) mass is 451 g/mol. The van der Waals surface area contributed by atoms with Crippen molar-refractivity contribution in [1.82, 2.24) is 19.7 Å². The Bertz CT molecular complexity index is 1010. The lowest BCUT2D eigenvalue weighted by atomic mass is 10.2. The predicted octanol–water partition coefficient (Wildman–Crippen LogP) is 4.77. The zero-order valence-corrected chi connectivity index (χ0v) is 17.6. The summed E-state index contributed by atoms with van der Waals surface area (Å²) in [5.41, 5.74) is 1.24. The number of ether oxygens (including phenoxy) is 1. The van der Waals surface area contributed by atoms with Crippen LogP contribution in [-0.4, -0.2) is 37.3 Å². The van der Waals surface area contributed by atoms with Crippen LogP contribution in [0.1, 0.15) is 20.3 Å². The molecule has 0 fully saturated rings. The summed E-state index contributed by atoms with van der Waals surface area (Å²) in [4.78, 5) is 16.6. The first-order valence-corrected chi connectivity index (χ1v) is 10.3. The Hall–Kier alpha value is -3.08. The summed E-state index contributed by atoms with van der Waals surface area (Å²) in [5, 5.41) is 11.3. The number of hydrogen-bond acceptors (Lipinski definition) is 6. The Morgan fingerprint density at radius 1 is 1.16 bits per heavy atom. The highest BCUT2D eigenvalue weighted by molar-refractivity contribution is 8.00. The van der Waals surface area contributed by atoms with E-state index in [4.69, 9.17) is 0 Å². The number of alkyl halides is 3. The molecule has 1 N–H and O–H groups in total. The number of rotatable bonds is 8. The zero-order valence-electron chi connectivity index (χ0n) is 16.8. The van der Waals surface area contributed by atoms with Gasteiger partial charge in [-0.3, -0.25) is 9.78 Å². The Balaban J connectivity index is 1.68. The first kappa shape index (κ1) is 22.6. The van der Waals surface area contributed by atoms with Crippen LogP contribution >= 0.6 is 11.8 Å². The van der Waals surface area contributed by atoms with Gasteiger partial charge in [0.2, 0.25) is 5.91 Å². The van der Waals surface area contributed by atoms with Gasteiger partial charge in [-0.1, -0.05) is 18.7 Å². The van der Waals surface area contributed by atoms with Gasteiger partial charge in [0.1, 0.15) is 5.75 Å². The van der Waals surface area contributed by atoms with E-state index in [2.05, 4.69) is 25.2 Å². The molecule has 164 valence electrons. The van der Waals surface area contributed by atoms with Crippen LogP contribution in [0.15, 0.2) is 53.9 Å². The van der Waals surface area contributed by atoms with E-state index in [1.807, 2.05) is 23.6 Å². The fourth-order valence-electron chi connectivity index (χ4n) is 2.71. The van der Waals surface area contributed by atoms with Gasteiger partial charge in [-0.15, -0.1) is 23.4 Å². The molecule has 3 rings (SSSR count). The molecule has 2 aromatic heterocycles. The quantitative estimate of drug-likeness (QED) is 0.497. The molecule has 0 saturated heterocycles. The summed E-state index contributed by atoms with van der Waals surface area (Å²) in [6, 6.07) is 8.65. The molecule has 0 aliphatic rings. The number of pyridine rings is 1. The molecular weight excluding hydrogens is 431 g/mol. The number of anilines is 1. The molecule has 0 aliphatic carbocycles. The second-order valence-electron chi connectivity index (χ2n) is 6.52. The molecule has 7 nitrogen and oxygen atoms in total. The molecule has 3 aromatic rings. The van der Waals surface area contributed by atoms with E-state index in [0.717, 1.165) is 24.1 Å².